The van der Waals surface area contributed by atoms with Crippen LogP contribution in [0.4, 0.5) is 0 Å². The topological polar surface area (TPSA) is 9.86 Å². The zero-order valence-corrected chi connectivity index (χ0v) is 38.8. The van der Waals surface area contributed by atoms with Gasteiger partial charge in [0.05, 0.1) is 16.6 Å². The van der Waals surface area contributed by atoms with Gasteiger partial charge in [-0.3, -0.25) is 0 Å². The van der Waals surface area contributed by atoms with Crippen LogP contribution in [0, 0.1) is 0 Å². The third kappa shape index (κ3) is 4.79. The molecule has 2 aromatic heterocycles. The SMILES string of the molecule is c1cc2c3c(c1)-n1c4c(c5c6ccccc6c6ccccc6c5cc4c4ccc5c6ccccc6c6ccccc6c5c41)B3c1cc(C3CCCCC3)cc3c4cc(C5CCCCC5)ccc4n-2c13. The van der Waals surface area contributed by atoms with Crippen molar-refractivity contribution in [3.05, 3.63) is 175 Å². The van der Waals surface area contributed by atoms with Crippen molar-refractivity contribution in [2.24, 2.45) is 0 Å². The Balaban J connectivity index is 1.12. The molecular formula is C66H49BN2. The van der Waals surface area contributed by atoms with Crippen molar-refractivity contribution >= 4 is 131 Å². The molecule has 2 aliphatic carbocycles. The summed E-state index contributed by atoms with van der Waals surface area (Å²) in [6.07, 6.45) is 13.2. The molecule has 4 aliphatic rings. The molecule has 2 nitrogen and oxygen atoms in total. The number of nitrogens with zero attached hydrogens (tertiary/aromatic N) is 2. The van der Waals surface area contributed by atoms with Crippen molar-refractivity contribution in [3.63, 3.8) is 0 Å². The number of hydrogen-bond acceptors (Lipinski definition) is 0. The predicted octanol–water partition coefficient (Wildman–Crippen LogP) is 16.0. The van der Waals surface area contributed by atoms with Gasteiger partial charge in [-0.1, -0.05) is 166 Å². The van der Waals surface area contributed by atoms with E-state index >= 15 is 0 Å². The molecule has 0 N–H and O–H groups in total. The van der Waals surface area contributed by atoms with Crippen LogP contribution >= 0.6 is 0 Å². The van der Waals surface area contributed by atoms with Gasteiger partial charge in [-0.25, -0.2) is 0 Å². The van der Waals surface area contributed by atoms with Crippen LogP contribution in [0.5, 0.6) is 0 Å². The zero-order chi connectivity index (χ0) is 44.6. The molecular weight excluding hydrogens is 832 g/mol. The van der Waals surface area contributed by atoms with Crippen molar-refractivity contribution < 1.29 is 0 Å². The highest BCUT2D eigenvalue weighted by molar-refractivity contribution is 7.02. The minimum absolute atomic E-state index is 0.0355. The van der Waals surface area contributed by atoms with Gasteiger partial charge in [0.1, 0.15) is 0 Å². The Morgan fingerprint density at radius 3 is 1.48 bits per heavy atom. The molecule has 0 atom stereocenters. The Hall–Kier alpha value is -7.36. The Morgan fingerprint density at radius 2 is 0.826 bits per heavy atom. The van der Waals surface area contributed by atoms with Crippen LogP contribution in [0.2, 0.25) is 0 Å². The fourth-order valence-corrected chi connectivity index (χ4v) is 15.3. The van der Waals surface area contributed by atoms with E-state index in [9.17, 15) is 0 Å². The molecule has 0 unspecified atom stereocenters. The van der Waals surface area contributed by atoms with Crippen LogP contribution < -0.4 is 16.4 Å². The second kappa shape index (κ2) is 13.7. The van der Waals surface area contributed by atoms with Crippen LogP contribution in [-0.4, -0.2) is 15.8 Å². The zero-order valence-electron chi connectivity index (χ0n) is 38.8. The van der Waals surface area contributed by atoms with E-state index < -0.39 is 0 Å². The Bertz CT molecular complexity index is 4420. The van der Waals surface area contributed by atoms with Crippen LogP contribution in [0.25, 0.3) is 120 Å². The van der Waals surface area contributed by atoms with Gasteiger partial charge in [0.15, 0.2) is 0 Å². The van der Waals surface area contributed by atoms with Gasteiger partial charge < -0.3 is 9.13 Å². The van der Waals surface area contributed by atoms with Gasteiger partial charge in [0.25, 0.3) is 6.71 Å². The lowest BCUT2D eigenvalue weighted by molar-refractivity contribution is 0.444. The minimum atomic E-state index is 0.0355. The molecule has 0 radical (unpaired) electrons. The normalized spacial score (nSPS) is 16.3. The van der Waals surface area contributed by atoms with E-state index in [1.54, 1.807) is 11.1 Å². The van der Waals surface area contributed by atoms with Crippen LogP contribution in [0.1, 0.15) is 87.2 Å². The third-order valence-corrected chi connectivity index (χ3v) is 18.2. The Morgan fingerprint density at radius 1 is 0.319 bits per heavy atom. The van der Waals surface area contributed by atoms with E-state index in [2.05, 4.69) is 173 Å². The molecule has 0 saturated heterocycles. The van der Waals surface area contributed by atoms with Crippen molar-refractivity contribution in [2.75, 3.05) is 0 Å². The second-order valence-electron chi connectivity index (χ2n) is 21.4. The average Bonchev–Trinajstić information content (AvgIpc) is 3.94. The van der Waals surface area contributed by atoms with E-state index in [0.717, 1.165) is 0 Å². The molecule has 0 bridgehead atoms. The lowest BCUT2D eigenvalue weighted by Crippen LogP contribution is -2.59. The van der Waals surface area contributed by atoms with Crippen LogP contribution in [-0.2, 0) is 0 Å². The van der Waals surface area contributed by atoms with Gasteiger partial charge in [0.2, 0.25) is 0 Å². The second-order valence-corrected chi connectivity index (χ2v) is 21.4. The summed E-state index contributed by atoms with van der Waals surface area (Å²) in [5.41, 5.74) is 15.6. The standard InChI is InChI=1S/C66H49BN2/c1-3-16-38(17-4-1)40-30-33-57-52(34-40)54-35-41(39-18-5-2-6-19-39)36-56-64(54)68(57)58-28-15-29-59-62(58)67(56)63-60-48-26-13-11-22-44(48)43-21-8-10-25-47(43)53(60)37-55-51-32-31-50-46-24-9-7-20-42(46)45-23-12-14-27-49(45)61(50)65(51)69(59)66(55)63/h7-15,20-39H,1-6,16-19H2. The predicted molar refractivity (Wildman–Crippen MR) is 296 cm³/mol. The Labute approximate surface area is 400 Å². The minimum Gasteiger partial charge on any atom is -0.310 e. The number of rotatable bonds is 2. The van der Waals surface area contributed by atoms with Crippen molar-refractivity contribution in [1.82, 2.24) is 9.13 Å². The summed E-state index contributed by atoms with van der Waals surface area (Å²) in [4.78, 5) is 0. The molecule has 2 aliphatic heterocycles. The van der Waals surface area contributed by atoms with Gasteiger partial charge in [-0.15, -0.1) is 0 Å². The average molecular weight is 881 g/mol. The summed E-state index contributed by atoms with van der Waals surface area (Å²) < 4.78 is 5.49. The van der Waals surface area contributed by atoms with Gasteiger partial charge in [-0.05, 0) is 161 Å². The molecule has 326 valence electrons. The fraction of sp³-hybridized carbons (Fsp3) is 0.182. The Kier molecular flexibility index (Phi) is 7.45. The molecule has 17 rings (SSSR count). The van der Waals surface area contributed by atoms with Gasteiger partial charge in [-0.2, -0.15) is 0 Å². The molecule has 13 aromatic rings. The van der Waals surface area contributed by atoms with E-state index in [1.807, 2.05) is 0 Å². The summed E-state index contributed by atoms with van der Waals surface area (Å²) in [5.74, 6) is 1.23. The number of fused-ring (bicyclic) bond motifs is 24. The largest absolute Gasteiger partial charge is 0.310 e. The van der Waals surface area contributed by atoms with E-state index in [-0.39, 0.29) is 6.71 Å². The molecule has 11 aromatic carbocycles. The molecule has 2 fully saturated rings. The molecule has 3 heteroatoms. The molecule has 4 heterocycles. The third-order valence-electron chi connectivity index (χ3n) is 18.2. The molecule has 69 heavy (non-hydrogen) atoms. The van der Waals surface area contributed by atoms with E-state index in [1.165, 1.54) is 200 Å². The van der Waals surface area contributed by atoms with Crippen LogP contribution in [0.15, 0.2) is 164 Å². The van der Waals surface area contributed by atoms with Gasteiger partial charge in [0, 0.05) is 43.8 Å². The summed E-state index contributed by atoms with van der Waals surface area (Å²) in [6, 6.07) is 64.7. The highest BCUT2D eigenvalue weighted by Gasteiger charge is 2.43. The maximum Gasteiger partial charge on any atom is 0.253 e. The summed E-state index contributed by atoms with van der Waals surface area (Å²) in [7, 11) is 0. The highest BCUT2D eigenvalue weighted by atomic mass is 15.0. The highest BCUT2D eigenvalue weighted by Crippen LogP contribution is 2.48. The number of hydrogen-bond donors (Lipinski definition) is 0. The molecule has 2 saturated carbocycles. The smallest absolute Gasteiger partial charge is 0.253 e. The first kappa shape index (κ1) is 37.6. The monoisotopic (exact) mass is 880 g/mol. The summed E-state index contributed by atoms with van der Waals surface area (Å²) in [6.45, 7) is 0.0355. The summed E-state index contributed by atoms with van der Waals surface area (Å²) >= 11 is 0. The summed E-state index contributed by atoms with van der Waals surface area (Å²) in [5, 5.41) is 21.6. The van der Waals surface area contributed by atoms with Crippen molar-refractivity contribution in [3.8, 4) is 11.4 Å². The first-order chi connectivity index (χ1) is 34.3. The first-order valence-corrected chi connectivity index (χ1v) is 26.1. The number of benzene rings is 11. The van der Waals surface area contributed by atoms with Crippen molar-refractivity contribution in [1.29, 1.82) is 0 Å². The molecule has 0 spiro atoms. The maximum atomic E-state index is 2.77. The molecule has 0 amide bonds. The van der Waals surface area contributed by atoms with Gasteiger partial charge >= 0.3 is 0 Å². The lowest BCUT2D eigenvalue weighted by Gasteiger charge is -2.35. The number of aromatic nitrogens is 2. The maximum absolute atomic E-state index is 2.77. The fourth-order valence-electron chi connectivity index (χ4n) is 15.3. The first-order valence-electron chi connectivity index (χ1n) is 26.1. The van der Waals surface area contributed by atoms with E-state index in [0.29, 0.717) is 11.8 Å². The lowest BCUT2D eigenvalue weighted by atomic mass is 9.33. The van der Waals surface area contributed by atoms with Crippen molar-refractivity contribution in [2.45, 2.75) is 76.0 Å². The van der Waals surface area contributed by atoms with Crippen LogP contribution in [0.3, 0.4) is 0 Å². The van der Waals surface area contributed by atoms with E-state index in [4.69, 9.17) is 0 Å². The quantitative estimate of drug-likeness (QED) is 0.121.